The van der Waals surface area contributed by atoms with Gasteiger partial charge < -0.3 is 15.8 Å². The highest BCUT2D eigenvalue weighted by Gasteiger charge is 2.28. The Kier molecular flexibility index (Phi) is 5.83. The number of nitrogens with two attached hydrogens (primary N) is 1. The fourth-order valence-electron chi connectivity index (χ4n) is 1.92. The fourth-order valence-corrected chi connectivity index (χ4v) is 1.92. The minimum absolute atomic E-state index is 0.330. The van der Waals surface area contributed by atoms with Gasteiger partial charge in [0.15, 0.2) is 0 Å². The number of hydrogen-bond donors (Lipinski definition) is 2. The van der Waals surface area contributed by atoms with Crippen LogP contribution in [0.25, 0.3) is 0 Å². The molecule has 1 amide bonds. The van der Waals surface area contributed by atoms with Crippen molar-refractivity contribution in [2.75, 3.05) is 13.7 Å². The summed E-state index contributed by atoms with van der Waals surface area (Å²) in [7, 11) is 1.75. The minimum atomic E-state index is -0.659. The second kappa shape index (κ2) is 7.14. The molecule has 1 aromatic carbocycles. The van der Waals surface area contributed by atoms with Crippen LogP contribution in [0.4, 0.5) is 0 Å². The van der Waals surface area contributed by atoms with Gasteiger partial charge in [-0.05, 0) is 44.9 Å². The van der Waals surface area contributed by atoms with Crippen molar-refractivity contribution >= 4 is 5.91 Å². The van der Waals surface area contributed by atoms with Crippen molar-refractivity contribution in [1.29, 1.82) is 0 Å². The van der Waals surface area contributed by atoms with E-state index in [-0.39, 0.29) is 5.91 Å². The third-order valence-electron chi connectivity index (χ3n) is 3.53. The summed E-state index contributed by atoms with van der Waals surface area (Å²) in [6.45, 7) is 4.50. The largest absolute Gasteiger partial charge is 0.493 e. The Morgan fingerprint density at radius 1 is 1.42 bits per heavy atom. The van der Waals surface area contributed by atoms with Gasteiger partial charge in [0.25, 0.3) is 0 Å². The van der Waals surface area contributed by atoms with E-state index in [0.29, 0.717) is 13.0 Å². The molecular weight excluding hydrogens is 240 g/mol. The third-order valence-corrected chi connectivity index (χ3v) is 3.53. The van der Waals surface area contributed by atoms with Crippen LogP contribution in [0.3, 0.4) is 0 Å². The van der Waals surface area contributed by atoms with E-state index in [0.717, 1.165) is 18.6 Å². The van der Waals surface area contributed by atoms with Crippen molar-refractivity contribution in [3.8, 4) is 5.75 Å². The first-order valence-electron chi connectivity index (χ1n) is 6.73. The summed E-state index contributed by atoms with van der Waals surface area (Å²) in [5.41, 5.74) is 5.92. The second-order valence-corrected chi connectivity index (χ2v) is 4.86. The Morgan fingerprint density at radius 3 is 2.68 bits per heavy atom. The van der Waals surface area contributed by atoms with E-state index in [4.69, 9.17) is 10.5 Å². The highest BCUT2D eigenvalue weighted by atomic mass is 16.5. The van der Waals surface area contributed by atoms with E-state index < -0.39 is 5.54 Å². The summed E-state index contributed by atoms with van der Waals surface area (Å²) < 4.78 is 5.77. The normalized spacial score (nSPS) is 13.8. The molecule has 3 N–H and O–H groups in total. The molecule has 0 aliphatic heterocycles. The summed E-state index contributed by atoms with van der Waals surface area (Å²) in [5.74, 6) is 0.596. The maximum absolute atomic E-state index is 11.3. The van der Waals surface area contributed by atoms with Crippen LogP contribution in [0, 0.1) is 0 Å². The predicted octanol–water partition coefficient (Wildman–Crippen LogP) is 1.87. The number of carbonyl (C=O) groups is 1. The van der Waals surface area contributed by atoms with Crippen LogP contribution in [0.15, 0.2) is 24.3 Å². The molecule has 0 bridgehead atoms. The highest BCUT2D eigenvalue weighted by Crippen LogP contribution is 2.19. The van der Waals surface area contributed by atoms with Gasteiger partial charge in [0.1, 0.15) is 5.75 Å². The summed E-state index contributed by atoms with van der Waals surface area (Å²) in [6, 6.07) is 8.02. The number of aryl methyl sites for hydroxylation is 1. The van der Waals surface area contributed by atoms with Crippen molar-refractivity contribution in [3.63, 3.8) is 0 Å². The maximum Gasteiger partial charge on any atom is 0.237 e. The van der Waals surface area contributed by atoms with E-state index in [9.17, 15) is 4.79 Å². The molecule has 1 unspecified atom stereocenters. The Morgan fingerprint density at radius 2 is 2.11 bits per heavy atom. The van der Waals surface area contributed by atoms with E-state index in [1.54, 1.807) is 7.05 Å². The Labute approximate surface area is 115 Å². The van der Waals surface area contributed by atoms with E-state index in [1.165, 1.54) is 5.56 Å². The average molecular weight is 264 g/mol. The van der Waals surface area contributed by atoms with Gasteiger partial charge in [-0.15, -0.1) is 0 Å². The maximum atomic E-state index is 11.3. The molecule has 0 spiro atoms. The summed E-state index contributed by atoms with van der Waals surface area (Å²) in [4.78, 5) is 11.3. The lowest BCUT2D eigenvalue weighted by atomic mass is 9.95. The van der Waals surface area contributed by atoms with Crippen LogP contribution in [-0.4, -0.2) is 25.1 Å². The van der Waals surface area contributed by atoms with E-state index in [2.05, 4.69) is 18.3 Å². The summed E-state index contributed by atoms with van der Waals surface area (Å²) >= 11 is 0. The SMILES string of the molecule is CCc1ccccc1OCCCC(C)(NC)C(N)=O. The lowest BCUT2D eigenvalue weighted by Gasteiger charge is -2.25. The van der Waals surface area contributed by atoms with Crippen molar-refractivity contribution in [2.45, 2.75) is 38.6 Å². The number of rotatable bonds is 8. The lowest BCUT2D eigenvalue weighted by molar-refractivity contribution is -0.123. The molecular formula is C15H24N2O2. The third kappa shape index (κ3) is 4.24. The molecule has 0 saturated heterocycles. The smallest absolute Gasteiger partial charge is 0.237 e. The second-order valence-electron chi connectivity index (χ2n) is 4.86. The predicted molar refractivity (Wildman–Crippen MR) is 77.2 cm³/mol. The number of hydrogen-bond acceptors (Lipinski definition) is 3. The highest BCUT2D eigenvalue weighted by molar-refractivity contribution is 5.84. The molecule has 1 rings (SSSR count). The van der Waals surface area contributed by atoms with Crippen LogP contribution >= 0.6 is 0 Å². The first kappa shape index (κ1) is 15.5. The summed E-state index contributed by atoms with van der Waals surface area (Å²) in [5, 5.41) is 2.97. The standard InChI is InChI=1S/C15H24N2O2/c1-4-12-8-5-6-9-13(12)19-11-7-10-15(2,17-3)14(16)18/h5-6,8-9,17H,4,7,10-11H2,1-3H3,(H2,16,18). The average Bonchev–Trinajstić information content (AvgIpc) is 2.43. The van der Waals surface area contributed by atoms with Gasteiger partial charge in [0, 0.05) is 0 Å². The number of carbonyl (C=O) groups excluding carboxylic acids is 1. The Hall–Kier alpha value is -1.55. The van der Waals surface area contributed by atoms with Crippen molar-refractivity contribution < 1.29 is 9.53 Å². The lowest BCUT2D eigenvalue weighted by Crippen LogP contribution is -2.51. The van der Waals surface area contributed by atoms with Crippen molar-refractivity contribution in [2.24, 2.45) is 5.73 Å². The number of benzene rings is 1. The summed E-state index contributed by atoms with van der Waals surface area (Å²) in [6.07, 6.45) is 2.39. The zero-order chi connectivity index (χ0) is 14.3. The van der Waals surface area contributed by atoms with E-state index >= 15 is 0 Å². The molecule has 19 heavy (non-hydrogen) atoms. The molecule has 4 heteroatoms. The fraction of sp³-hybridized carbons (Fsp3) is 0.533. The number of likely N-dealkylation sites (N-methyl/N-ethyl adjacent to an activating group) is 1. The zero-order valence-corrected chi connectivity index (χ0v) is 12.0. The van der Waals surface area contributed by atoms with Gasteiger partial charge >= 0.3 is 0 Å². The first-order chi connectivity index (χ1) is 9.03. The van der Waals surface area contributed by atoms with Gasteiger partial charge in [0.05, 0.1) is 12.1 Å². The van der Waals surface area contributed by atoms with Crippen LogP contribution in [0.2, 0.25) is 0 Å². The monoisotopic (exact) mass is 264 g/mol. The van der Waals surface area contributed by atoms with Crippen molar-refractivity contribution in [1.82, 2.24) is 5.32 Å². The zero-order valence-electron chi connectivity index (χ0n) is 12.0. The molecule has 0 radical (unpaired) electrons. The van der Waals surface area contributed by atoms with Gasteiger partial charge in [-0.2, -0.15) is 0 Å². The topological polar surface area (TPSA) is 64.3 Å². The molecule has 0 aliphatic carbocycles. The van der Waals surface area contributed by atoms with Crippen molar-refractivity contribution in [3.05, 3.63) is 29.8 Å². The van der Waals surface area contributed by atoms with E-state index in [1.807, 2.05) is 25.1 Å². The Balaban J connectivity index is 2.45. The molecule has 0 heterocycles. The van der Waals surface area contributed by atoms with Gasteiger partial charge in [-0.1, -0.05) is 25.1 Å². The van der Waals surface area contributed by atoms with Gasteiger partial charge in [-0.25, -0.2) is 0 Å². The molecule has 0 aliphatic rings. The number of para-hydroxylation sites is 1. The van der Waals surface area contributed by atoms with Crippen LogP contribution in [-0.2, 0) is 11.2 Å². The van der Waals surface area contributed by atoms with Crippen LogP contribution < -0.4 is 15.8 Å². The number of nitrogens with one attached hydrogen (secondary N) is 1. The molecule has 0 fully saturated rings. The molecule has 0 aromatic heterocycles. The quantitative estimate of drug-likeness (QED) is 0.705. The van der Waals surface area contributed by atoms with Crippen LogP contribution in [0.5, 0.6) is 5.75 Å². The molecule has 1 atom stereocenters. The van der Waals surface area contributed by atoms with Crippen LogP contribution in [0.1, 0.15) is 32.3 Å². The molecule has 106 valence electrons. The number of primary amides is 1. The number of amides is 1. The minimum Gasteiger partial charge on any atom is -0.493 e. The number of ether oxygens (including phenoxy) is 1. The Bertz CT molecular complexity index is 420. The van der Waals surface area contributed by atoms with Gasteiger partial charge in [0.2, 0.25) is 5.91 Å². The molecule has 4 nitrogen and oxygen atoms in total. The molecule has 0 saturated carbocycles. The van der Waals surface area contributed by atoms with Gasteiger partial charge in [-0.3, -0.25) is 4.79 Å². The molecule has 1 aromatic rings. The first-order valence-corrected chi connectivity index (χ1v) is 6.73.